The zero-order chi connectivity index (χ0) is 17.9. The van der Waals surface area contributed by atoms with Crippen LogP contribution in [0.2, 0.25) is 0 Å². The number of aryl methyl sites for hydroxylation is 3. The first-order chi connectivity index (χ1) is 11.4. The Bertz CT molecular complexity index is 547. The highest BCUT2D eigenvalue weighted by atomic mass is 32.1. The molecule has 3 rings (SSSR count). The molecule has 0 heterocycles. The Morgan fingerprint density at radius 2 is 0.519 bits per heavy atom. The number of hydrogen-bond acceptors (Lipinski definition) is 0. The Morgan fingerprint density at radius 3 is 0.630 bits per heavy atom. The van der Waals surface area contributed by atoms with E-state index in [0.717, 1.165) is 14.7 Å². The summed E-state index contributed by atoms with van der Waals surface area (Å²) in [6.07, 6.45) is 0. The smallest absolute Gasteiger partial charge is 0.0377 e. The minimum absolute atomic E-state index is 0. The largest absolute Gasteiger partial charge is 0.269 e. The standard InChI is InChI=1S/3C7H7S.3FH/c3*1-6-2-4-7(8)5-3-6;;;/h3*2-5H,1H3;3*1H. The highest BCUT2D eigenvalue weighted by Gasteiger charge is 1.83. The SMILES string of the molecule is Cc1ccc([S])cc1.Cc1ccc([S])cc1.Cc1ccc([S])cc1.F.F.F. The Balaban J connectivity index is -0.000000303. The minimum atomic E-state index is 0. The van der Waals surface area contributed by atoms with Crippen molar-refractivity contribution in [1.29, 1.82) is 0 Å². The predicted molar refractivity (Wildman–Crippen MR) is 119 cm³/mol. The third kappa shape index (κ3) is 14.9. The second-order valence-corrected chi connectivity index (χ2v) is 6.85. The number of halogens is 3. The van der Waals surface area contributed by atoms with Crippen LogP contribution in [0.3, 0.4) is 0 Å². The average molecular weight is 430 g/mol. The van der Waals surface area contributed by atoms with E-state index in [1.54, 1.807) is 0 Å². The van der Waals surface area contributed by atoms with Gasteiger partial charge in [0.15, 0.2) is 0 Å². The lowest BCUT2D eigenvalue weighted by Crippen LogP contribution is -1.67. The van der Waals surface area contributed by atoms with E-state index >= 15 is 0 Å². The summed E-state index contributed by atoms with van der Waals surface area (Å²) in [6, 6.07) is 23.7. The molecule has 147 valence electrons. The Hall–Kier alpha value is -1.89. The van der Waals surface area contributed by atoms with Gasteiger partial charge in [-0.3, -0.25) is 14.1 Å². The van der Waals surface area contributed by atoms with Crippen molar-refractivity contribution in [1.82, 2.24) is 0 Å². The van der Waals surface area contributed by atoms with E-state index in [9.17, 15) is 0 Å². The average Bonchev–Trinajstić information content (AvgIpc) is 2.57. The molecule has 0 unspecified atom stereocenters. The van der Waals surface area contributed by atoms with Crippen LogP contribution >= 0.6 is 37.9 Å². The molecule has 0 aromatic heterocycles. The molecule has 6 heteroatoms. The first-order valence-corrected chi connectivity index (χ1v) is 8.80. The van der Waals surface area contributed by atoms with Gasteiger partial charge in [0.05, 0.1) is 0 Å². The van der Waals surface area contributed by atoms with Gasteiger partial charge in [-0.1, -0.05) is 91.0 Å². The molecule has 0 saturated carbocycles. The normalized spacial score (nSPS) is 8.11. The summed E-state index contributed by atoms with van der Waals surface area (Å²) in [5, 5.41) is 0. The lowest BCUT2D eigenvalue weighted by molar-refractivity contribution is 1.11. The molecule has 0 bridgehead atoms. The molecule has 0 aliphatic heterocycles. The molecule has 3 radical (unpaired) electrons. The van der Waals surface area contributed by atoms with Crippen molar-refractivity contribution >= 4 is 37.9 Å². The van der Waals surface area contributed by atoms with E-state index in [0.29, 0.717) is 0 Å². The first-order valence-electron chi connectivity index (χ1n) is 7.58. The maximum Gasteiger partial charge on any atom is 0.0377 e. The molecule has 3 aromatic rings. The van der Waals surface area contributed by atoms with E-state index in [1.165, 1.54) is 16.7 Å². The second kappa shape index (κ2) is 16.3. The van der Waals surface area contributed by atoms with Crippen LogP contribution in [0.1, 0.15) is 16.7 Å². The van der Waals surface area contributed by atoms with Gasteiger partial charge in [0.1, 0.15) is 0 Å². The van der Waals surface area contributed by atoms with Gasteiger partial charge in [0, 0.05) is 14.7 Å². The summed E-state index contributed by atoms with van der Waals surface area (Å²) >= 11 is 14.6. The molecule has 3 aromatic carbocycles. The molecule has 27 heavy (non-hydrogen) atoms. The summed E-state index contributed by atoms with van der Waals surface area (Å²) in [5.74, 6) is 0. The van der Waals surface area contributed by atoms with Crippen LogP contribution in [0.15, 0.2) is 87.5 Å². The highest BCUT2D eigenvalue weighted by Crippen LogP contribution is 2.06. The molecule has 0 fully saturated rings. The maximum absolute atomic E-state index is 4.87. The summed E-state index contributed by atoms with van der Waals surface area (Å²) in [7, 11) is 0. The van der Waals surface area contributed by atoms with Crippen LogP contribution in [0, 0.1) is 20.8 Å². The van der Waals surface area contributed by atoms with Crippen LogP contribution in [0.25, 0.3) is 0 Å². The summed E-state index contributed by atoms with van der Waals surface area (Å²) in [4.78, 5) is 2.74. The number of hydrogen-bond donors (Lipinski definition) is 0. The van der Waals surface area contributed by atoms with Gasteiger partial charge in [-0.05, 0) is 57.2 Å². The van der Waals surface area contributed by atoms with Crippen molar-refractivity contribution in [3.05, 3.63) is 89.5 Å². The third-order valence-corrected chi connectivity index (χ3v) is 3.88. The molecular formula is C21H24F3S3. The minimum Gasteiger partial charge on any atom is -0.269 e. The van der Waals surface area contributed by atoms with Gasteiger partial charge in [0.2, 0.25) is 0 Å². The Morgan fingerprint density at radius 1 is 0.370 bits per heavy atom. The molecule has 0 aliphatic carbocycles. The van der Waals surface area contributed by atoms with Crippen molar-refractivity contribution in [3.8, 4) is 0 Å². The second-order valence-electron chi connectivity index (χ2n) is 5.44. The number of rotatable bonds is 0. The fourth-order valence-corrected chi connectivity index (χ4v) is 2.02. The van der Waals surface area contributed by atoms with Gasteiger partial charge in [-0.15, -0.1) is 0 Å². The Kier molecular flexibility index (Phi) is 18.0. The van der Waals surface area contributed by atoms with E-state index in [2.05, 4.69) is 20.8 Å². The lowest BCUT2D eigenvalue weighted by Gasteiger charge is -1.88. The van der Waals surface area contributed by atoms with Crippen LogP contribution in [0.5, 0.6) is 0 Å². The van der Waals surface area contributed by atoms with Gasteiger partial charge >= 0.3 is 0 Å². The van der Waals surface area contributed by atoms with Gasteiger partial charge in [-0.25, -0.2) is 0 Å². The molecule has 0 nitrogen and oxygen atoms in total. The summed E-state index contributed by atoms with van der Waals surface area (Å²) in [5.41, 5.74) is 3.79. The van der Waals surface area contributed by atoms with Crippen LogP contribution in [-0.4, -0.2) is 0 Å². The molecular weight excluding hydrogens is 405 g/mol. The Labute approximate surface area is 176 Å². The fraction of sp³-hybridized carbons (Fsp3) is 0.143. The van der Waals surface area contributed by atoms with Crippen LogP contribution in [0.4, 0.5) is 14.1 Å². The molecule has 0 spiro atoms. The maximum atomic E-state index is 4.87. The molecule has 0 amide bonds. The van der Waals surface area contributed by atoms with E-state index < -0.39 is 0 Å². The van der Waals surface area contributed by atoms with Gasteiger partial charge in [0.25, 0.3) is 0 Å². The third-order valence-electron chi connectivity index (χ3n) is 3.06. The van der Waals surface area contributed by atoms with Crippen molar-refractivity contribution < 1.29 is 14.1 Å². The van der Waals surface area contributed by atoms with Gasteiger partial charge < -0.3 is 0 Å². The van der Waals surface area contributed by atoms with Crippen LogP contribution < -0.4 is 0 Å². The van der Waals surface area contributed by atoms with E-state index in [1.807, 2.05) is 72.8 Å². The zero-order valence-corrected chi connectivity index (χ0v) is 17.8. The van der Waals surface area contributed by atoms with Crippen molar-refractivity contribution in [2.75, 3.05) is 0 Å². The van der Waals surface area contributed by atoms with Crippen molar-refractivity contribution in [3.63, 3.8) is 0 Å². The van der Waals surface area contributed by atoms with E-state index in [4.69, 9.17) is 37.9 Å². The van der Waals surface area contributed by atoms with E-state index in [-0.39, 0.29) is 14.1 Å². The molecule has 0 N–H and O–H groups in total. The highest BCUT2D eigenvalue weighted by molar-refractivity contribution is 7.80. The molecule has 0 aliphatic rings. The first kappa shape index (κ1) is 29.9. The van der Waals surface area contributed by atoms with Crippen LogP contribution in [-0.2, 0) is 0 Å². The summed E-state index contributed by atoms with van der Waals surface area (Å²) < 4.78 is 0. The molecule has 0 atom stereocenters. The van der Waals surface area contributed by atoms with Crippen molar-refractivity contribution in [2.45, 2.75) is 35.5 Å². The summed E-state index contributed by atoms with van der Waals surface area (Å²) in [6.45, 7) is 6.15. The fourth-order valence-electron chi connectivity index (χ4n) is 1.61. The van der Waals surface area contributed by atoms with Gasteiger partial charge in [-0.2, -0.15) is 0 Å². The topological polar surface area (TPSA) is 0 Å². The monoisotopic (exact) mass is 429 g/mol. The zero-order valence-electron chi connectivity index (χ0n) is 15.4. The predicted octanol–water partition coefficient (Wildman–Crippen LogP) is 8.11. The number of benzene rings is 3. The lowest BCUT2D eigenvalue weighted by atomic mass is 10.2. The molecule has 0 saturated heterocycles. The quantitative estimate of drug-likeness (QED) is 0.338. The van der Waals surface area contributed by atoms with Crippen molar-refractivity contribution in [2.24, 2.45) is 0 Å².